The average molecular weight is 124 g/mol. The summed E-state index contributed by atoms with van der Waals surface area (Å²) in [4.78, 5) is 0. The molecule has 36 valence electrons. The van der Waals surface area contributed by atoms with Gasteiger partial charge in [0, 0.05) is 0 Å². The third-order valence-electron chi connectivity index (χ3n) is 1.12. The molecular weight excluding hydrogens is 115 g/mol. The Labute approximate surface area is 49.4 Å². The molecule has 0 radical (unpaired) electrons. The molecule has 0 bridgehead atoms. The Hall–Kier alpha value is 0.109. The Morgan fingerprint density at radius 1 is 1.57 bits per heavy atom. The zero-order valence-electron chi connectivity index (χ0n) is 4.43. The second-order valence-corrected chi connectivity index (χ2v) is 7.97. The molecule has 1 rings (SSSR count). The minimum absolute atomic E-state index is 0.370. The fourth-order valence-electron chi connectivity index (χ4n) is 0.703. The van der Waals surface area contributed by atoms with Gasteiger partial charge in [0.15, 0.2) is 0 Å². The van der Waals surface area contributed by atoms with Gasteiger partial charge in [-0.3, -0.25) is 0 Å². The molecule has 0 unspecified atom stereocenters. The Kier molecular flexibility index (Phi) is 2.37. The van der Waals surface area contributed by atoms with Crippen molar-refractivity contribution in [2.75, 3.05) is 0 Å². The predicted octanol–water partition coefficient (Wildman–Crippen LogP) is -1.35. The summed E-state index contributed by atoms with van der Waals surface area (Å²) in [5, 5.41) is 0. The third kappa shape index (κ3) is 2.04. The maximum atomic E-state index is 2.41. The van der Waals surface area contributed by atoms with Crippen LogP contribution in [-0.2, 0) is 0 Å². The second-order valence-electron chi connectivity index (χ2n) is 1.79. The summed E-state index contributed by atoms with van der Waals surface area (Å²) in [5.74, 6) is 4.52. The first-order valence-corrected chi connectivity index (χ1v) is 8.63. The van der Waals surface area contributed by atoms with E-state index in [2.05, 4.69) is 24.6 Å². The normalized spacial score (nSPS) is 25.1. The molecule has 1 aliphatic rings. The zero-order valence-corrected chi connectivity index (χ0v) is 7.26. The van der Waals surface area contributed by atoms with Crippen LogP contribution in [0.2, 0.25) is 6.04 Å². The van der Waals surface area contributed by atoms with Crippen LogP contribution in [0.4, 0.5) is 0 Å². The van der Waals surface area contributed by atoms with Crippen LogP contribution in [0.5, 0.6) is 0 Å². The first kappa shape index (κ1) is 5.25. The van der Waals surface area contributed by atoms with Crippen molar-refractivity contribution < 1.29 is 0 Å². The molecule has 1 heterocycles. The molecule has 0 aromatic rings. The van der Waals surface area contributed by atoms with Crippen LogP contribution in [0.3, 0.4) is 0 Å². The van der Waals surface area contributed by atoms with E-state index in [9.17, 15) is 0 Å². The van der Waals surface area contributed by atoms with Crippen molar-refractivity contribution in [1.82, 2.24) is 0 Å². The first-order valence-electron chi connectivity index (χ1n) is 2.82. The molecule has 0 nitrogen and oxygen atoms in total. The summed E-state index contributed by atoms with van der Waals surface area (Å²) >= 11 is 0. The molecule has 0 aromatic heterocycles. The zero-order chi connectivity index (χ0) is 4.95. The standard InChI is InChI=1S/C4H9BSi2/c1-3-6-7-4-2-5-1/h1-3H,4,6-7H2. The van der Waals surface area contributed by atoms with E-state index < -0.39 is 0 Å². The van der Waals surface area contributed by atoms with Gasteiger partial charge in [-0.2, -0.15) is 0 Å². The van der Waals surface area contributed by atoms with Crippen LogP contribution >= 0.6 is 0 Å². The molecule has 0 aromatic carbocycles. The van der Waals surface area contributed by atoms with E-state index in [0.29, 0.717) is 18.1 Å². The van der Waals surface area contributed by atoms with Gasteiger partial charge in [0.1, 0.15) is 0 Å². The minimum atomic E-state index is 0.370. The Bertz CT molecular complexity index is 85.9. The monoisotopic (exact) mass is 124 g/mol. The summed E-state index contributed by atoms with van der Waals surface area (Å²) in [6.45, 7) is 2.19. The molecule has 0 saturated heterocycles. The molecule has 1 aliphatic heterocycles. The molecule has 0 N–H and O–H groups in total. The molecule has 0 spiro atoms. The van der Waals surface area contributed by atoms with Gasteiger partial charge in [-0.15, -0.1) is 0 Å². The van der Waals surface area contributed by atoms with Crippen molar-refractivity contribution >= 4 is 31.0 Å². The summed E-state index contributed by atoms with van der Waals surface area (Å²) in [6.07, 6.45) is 0. The number of rotatable bonds is 0. The number of hydrogen-bond donors (Lipinski definition) is 0. The predicted molar refractivity (Wildman–Crippen MR) is 42.9 cm³/mol. The van der Waals surface area contributed by atoms with Crippen molar-refractivity contribution in [3.8, 4) is 0 Å². The third-order valence-corrected chi connectivity index (χ3v) is 6.33. The van der Waals surface area contributed by atoms with Crippen LogP contribution < -0.4 is 0 Å². The van der Waals surface area contributed by atoms with E-state index in [-0.39, 0.29) is 0 Å². The van der Waals surface area contributed by atoms with Crippen LogP contribution in [0.15, 0.2) is 11.7 Å². The average Bonchev–Trinajstić information content (AvgIpc) is 1.90. The molecular formula is C4H9BSi2. The molecule has 0 atom stereocenters. The van der Waals surface area contributed by atoms with Gasteiger partial charge in [0.05, 0.1) is 0 Å². The SMILES string of the molecule is B1=CC[SiH2][SiH2]C=C1. The van der Waals surface area contributed by atoms with E-state index in [1.54, 1.807) is 0 Å². The van der Waals surface area contributed by atoms with Gasteiger partial charge in [-0.1, -0.05) is 0 Å². The molecule has 7 heavy (non-hydrogen) atoms. The fourth-order valence-corrected chi connectivity index (χ4v) is 4.65. The summed E-state index contributed by atoms with van der Waals surface area (Å²) < 4.78 is 0. The summed E-state index contributed by atoms with van der Waals surface area (Å²) in [5.41, 5.74) is 2.41. The fraction of sp³-hybridized carbons (Fsp3) is 0.250. The molecule has 3 heteroatoms. The van der Waals surface area contributed by atoms with Gasteiger partial charge < -0.3 is 0 Å². The maximum absolute atomic E-state index is 2.41. The van der Waals surface area contributed by atoms with Crippen molar-refractivity contribution in [2.24, 2.45) is 0 Å². The van der Waals surface area contributed by atoms with Crippen LogP contribution in [0.1, 0.15) is 0 Å². The second kappa shape index (κ2) is 3.15. The van der Waals surface area contributed by atoms with E-state index in [1.807, 2.05) is 0 Å². The topological polar surface area (TPSA) is 0 Å². The van der Waals surface area contributed by atoms with E-state index in [0.717, 1.165) is 0 Å². The van der Waals surface area contributed by atoms with E-state index >= 15 is 0 Å². The number of hydrogen-bond acceptors (Lipinski definition) is 0. The molecule has 0 amide bonds. The van der Waals surface area contributed by atoms with E-state index in [1.165, 1.54) is 6.04 Å². The van der Waals surface area contributed by atoms with Crippen LogP contribution in [-0.4, -0.2) is 31.0 Å². The van der Waals surface area contributed by atoms with Crippen LogP contribution in [0.25, 0.3) is 0 Å². The Balaban J connectivity index is 2.39. The molecule has 0 saturated carbocycles. The van der Waals surface area contributed by atoms with Crippen molar-refractivity contribution in [2.45, 2.75) is 6.04 Å². The van der Waals surface area contributed by atoms with Gasteiger partial charge in [0.2, 0.25) is 0 Å². The summed E-state index contributed by atoms with van der Waals surface area (Å²) in [6, 6.07) is 1.46. The van der Waals surface area contributed by atoms with Gasteiger partial charge >= 0.3 is 48.7 Å². The summed E-state index contributed by atoms with van der Waals surface area (Å²) in [7, 11) is 0.809. The Morgan fingerprint density at radius 2 is 2.57 bits per heavy atom. The molecule has 0 fully saturated rings. The van der Waals surface area contributed by atoms with Crippen molar-refractivity contribution in [3.63, 3.8) is 0 Å². The van der Waals surface area contributed by atoms with Gasteiger partial charge in [-0.25, -0.2) is 0 Å². The Morgan fingerprint density at radius 3 is 3.57 bits per heavy atom. The van der Waals surface area contributed by atoms with Crippen LogP contribution in [0, 0.1) is 0 Å². The van der Waals surface area contributed by atoms with E-state index in [4.69, 9.17) is 0 Å². The first-order chi connectivity index (χ1) is 3.50. The quantitative estimate of drug-likeness (QED) is 0.350. The van der Waals surface area contributed by atoms with Gasteiger partial charge in [0.25, 0.3) is 0 Å². The van der Waals surface area contributed by atoms with Gasteiger partial charge in [-0.05, 0) is 0 Å². The van der Waals surface area contributed by atoms with Crippen molar-refractivity contribution in [1.29, 1.82) is 0 Å². The molecule has 0 aliphatic carbocycles. The van der Waals surface area contributed by atoms with Crippen molar-refractivity contribution in [3.05, 3.63) is 11.7 Å².